The van der Waals surface area contributed by atoms with Crippen molar-refractivity contribution in [2.24, 2.45) is 0 Å². The normalized spacial score (nSPS) is 14.7. The molecule has 1 heterocycles. The second-order valence-electron chi connectivity index (χ2n) is 6.29. The molecule has 1 fully saturated rings. The van der Waals surface area contributed by atoms with Gasteiger partial charge in [0, 0.05) is 44.1 Å². The van der Waals surface area contributed by atoms with Crippen molar-refractivity contribution in [3.63, 3.8) is 0 Å². The van der Waals surface area contributed by atoms with Gasteiger partial charge in [0.1, 0.15) is 0 Å². The minimum absolute atomic E-state index is 0.0121. The average Bonchev–Trinajstić information content (AvgIpc) is 2.57. The topological polar surface area (TPSA) is 43.8 Å². The predicted octanol–water partition coefficient (Wildman–Crippen LogP) is 2.83. The van der Waals surface area contributed by atoms with Gasteiger partial charge < -0.3 is 14.9 Å². The summed E-state index contributed by atoms with van der Waals surface area (Å²) in [6.07, 6.45) is 3.21. The van der Waals surface area contributed by atoms with Crippen molar-refractivity contribution in [3.8, 4) is 0 Å². The van der Waals surface area contributed by atoms with Crippen LogP contribution in [-0.4, -0.2) is 44.2 Å². The van der Waals surface area contributed by atoms with E-state index in [1.807, 2.05) is 73.6 Å². The first-order valence-corrected chi connectivity index (χ1v) is 8.06. The Morgan fingerprint density at radius 1 is 1.08 bits per heavy atom. The van der Waals surface area contributed by atoms with E-state index in [4.69, 9.17) is 0 Å². The van der Waals surface area contributed by atoms with Crippen molar-refractivity contribution in [1.82, 2.24) is 0 Å². The summed E-state index contributed by atoms with van der Waals surface area (Å²) in [7, 11) is 4.00. The van der Waals surface area contributed by atoms with Crippen LogP contribution in [0.2, 0.25) is 0 Å². The summed E-state index contributed by atoms with van der Waals surface area (Å²) in [5.74, 6) is -0.0121. The Morgan fingerprint density at radius 2 is 1.71 bits per heavy atom. The van der Waals surface area contributed by atoms with Crippen LogP contribution in [0.5, 0.6) is 0 Å². The number of β-amino-alcohol motifs (C(OH)–C–C–N with tert-alkyl or cyclic N) is 1. The SMILES string of the molecule is CN(C)c1ccc(C=CC(=O)c2ccc(N3CC(O)C3)cc2)cc1. The largest absolute Gasteiger partial charge is 0.389 e. The fourth-order valence-electron chi connectivity index (χ4n) is 2.65. The van der Waals surface area contributed by atoms with Crippen molar-refractivity contribution in [2.45, 2.75) is 6.10 Å². The molecule has 2 aromatic carbocycles. The molecule has 1 saturated heterocycles. The van der Waals surface area contributed by atoms with E-state index in [1.165, 1.54) is 0 Å². The van der Waals surface area contributed by atoms with Crippen LogP contribution < -0.4 is 9.80 Å². The van der Waals surface area contributed by atoms with Gasteiger partial charge in [-0.1, -0.05) is 18.2 Å². The van der Waals surface area contributed by atoms with Gasteiger partial charge in [0.25, 0.3) is 0 Å². The summed E-state index contributed by atoms with van der Waals surface area (Å²) in [5, 5.41) is 9.34. The van der Waals surface area contributed by atoms with Crippen LogP contribution in [0.15, 0.2) is 54.6 Å². The number of aliphatic hydroxyl groups excluding tert-OH is 1. The summed E-state index contributed by atoms with van der Waals surface area (Å²) < 4.78 is 0. The van der Waals surface area contributed by atoms with Gasteiger partial charge in [0.15, 0.2) is 5.78 Å². The molecule has 0 aromatic heterocycles. The summed E-state index contributed by atoms with van der Waals surface area (Å²) in [6.45, 7) is 1.33. The number of hydrogen-bond acceptors (Lipinski definition) is 4. The maximum Gasteiger partial charge on any atom is 0.185 e. The van der Waals surface area contributed by atoms with E-state index in [2.05, 4.69) is 4.90 Å². The van der Waals surface area contributed by atoms with Crippen molar-refractivity contribution >= 4 is 23.2 Å². The highest BCUT2D eigenvalue weighted by Gasteiger charge is 2.24. The monoisotopic (exact) mass is 322 g/mol. The predicted molar refractivity (Wildman–Crippen MR) is 98.8 cm³/mol. The minimum atomic E-state index is -0.229. The van der Waals surface area contributed by atoms with Crippen molar-refractivity contribution in [1.29, 1.82) is 0 Å². The van der Waals surface area contributed by atoms with Crippen LogP contribution in [0.3, 0.4) is 0 Å². The first-order valence-electron chi connectivity index (χ1n) is 8.06. The minimum Gasteiger partial charge on any atom is -0.389 e. The number of nitrogens with zero attached hydrogens (tertiary/aromatic N) is 2. The van der Waals surface area contributed by atoms with Crippen LogP contribution in [0.25, 0.3) is 6.08 Å². The average molecular weight is 322 g/mol. The van der Waals surface area contributed by atoms with Gasteiger partial charge in [-0.05, 0) is 48.0 Å². The van der Waals surface area contributed by atoms with Gasteiger partial charge >= 0.3 is 0 Å². The summed E-state index contributed by atoms with van der Waals surface area (Å²) in [6, 6.07) is 15.6. The van der Waals surface area contributed by atoms with Gasteiger partial charge in [0.2, 0.25) is 0 Å². The second-order valence-corrected chi connectivity index (χ2v) is 6.29. The third kappa shape index (κ3) is 3.66. The lowest BCUT2D eigenvalue weighted by Crippen LogP contribution is -2.50. The van der Waals surface area contributed by atoms with E-state index in [0.717, 1.165) is 16.9 Å². The van der Waals surface area contributed by atoms with Crippen LogP contribution in [0, 0.1) is 0 Å². The van der Waals surface area contributed by atoms with Gasteiger partial charge in [-0.15, -0.1) is 0 Å². The lowest BCUT2D eigenvalue weighted by Gasteiger charge is -2.37. The highest BCUT2D eigenvalue weighted by molar-refractivity contribution is 6.07. The molecule has 0 spiro atoms. The lowest BCUT2D eigenvalue weighted by atomic mass is 10.1. The number of carbonyl (C=O) groups is 1. The zero-order valence-corrected chi connectivity index (χ0v) is 14.0. The van der Waals surface area contributed by atoms with Crippen molar-refractivity contribution < 1.29 is 9.90 Å². The third-order valence-corrected chi connectivity index (χ3v) is 4.22. The second kappa shape index (κ2) is 6.89. The molecular weight excluding hydrogens is 300 g/mol. The van der Waals surface area contributed by atoms with Gasteiger partial charge in [-0.2, -0.15) is 0 Å². The number of ketones is 1. The Balaban J connectivity index is 1.63. The van der Waals surface area contributed by atoms with Crippen molar-refractivity contribution in [3.05, 3.63) is 65.7 Å². The molecule has 0 aliphatic carbocycles. The molecule has 24 heavy (non-hydrogen) atoms. The number of benzene rings is 2. The molecular formula is C20H22N2O2. The van der Waals surface area contributed by atoms with E-state index < -0.39 is 0 Å². The Morgan fingerprint density at radius 3 is 2.25 bits per heavy atom. The number of hydrogen-bond donors (Lipinski definition) is 1. The van der Waals surface area contributed by atoms with E-state index in [0.29, 0.717) is 18.7 Å². The Labute approximate surface area is 142 Å². The zero-order valence-electron chi connectivity index (χ0n) is 14.0. The standard InChI is InChI=1S/C20H22N2O2/c1-21(2)17-8-3-15(4-9-17)5-12-20(24)16-6-10-18(11-7-16)22-13-19(23)14-22/h3-12,19,23H,13-14H2,1-2H3. The molecule has 0 amide bonds. The summed E-state index contributed by atoms with van der Waals surface area (Å²) >= 11 is 0. The molecule has 0 atom stereocenters. The maximum absolute atomic E-state index is 12.3. The van der Waals surface area contributed by atoms with E-state index in [-0.39, 0.29) is 11.9 Å². The quantitative estimate of drug-likeness (QED) is 0.679. The molecule has 0 saturated carbocycles. The van der Waals surface area contributed by atoms with Crippen molar-refractivity contribution in [2.75, 3.05) is 37.0 Å². The zero-order chi connectivity index (χ0) is 17.1. The smallest absolute Gasteiger partial charge is 0.185 e. The van der Waals surface area contributed by atoms with Crippen LogP contribution in [-0.2, 0) is 0 Å². The molecule has 3 rings (SSSR count). The molecule has 2 aromatic rings. The molecule has 0 radical (unpaired) electrons. The highest BCUT2D eigenvalue weighted by atomic mass is 16.3. The number of aliphatic hydroxyl groups is 1. The van der Waals surface area contributed by atoms with Gasteiger partial charge in [0.05, 0.1) is 6.10 Å². The number of allylic oxidation sites excluding steroid dienone is 1. The van der Waals surface area contributed by atoms with Gasteiger partial charge in [-0.25, -0.2) is 0 Å². The highest BCUT2D eigenvalue weighted by Crippen LogP contribution is 2.21. The summed E-state index contributed by atoms with van der Waals surface area (Å²) in [4.78, 5) is 16.4. The molecule has 0 bridgehead atoms. The molecule has 1 N–H and O–H groups in total. The molecule has 1 aliphatic rings. The van der Waals surface area contributed by atoms with Crippen LogP contribution in [0.1, 0.15) is 15.9 Å². The Kier molecular flexibility index (Phi) is 4.67. The van der Waals surface area contributed by atoms with Gasteiger partial charge in [-0.3, -0.25) is 4.79 Å². The van der Waals surface area contributed by atoms with E-state index >= 15 is 0 Å². The van der Waals surface area contributed by atoms with Crippen LogP contribution >= 0.6 is 0 Å². The summed E-state index contributed by atoms with van der Waals surface area (Å²) in [5.41, 5.74) is 3.84. The molecule has 124 valence electrons. The Bertz CT molecular complexity index is 727. The number of rotatable bonds is 5. The molecule has 0 unspecified atom stereocenters. The van der Waals surface area contributed by atoms with Crippen LogP contribution in [0.4, 0.5) is 11.4 Å². The maximum atomic E-state index is 12.3. The third-order valence-electron chi connectivity index (χ3n) is 4.22. The molecule has 1 aliphatic heterocycles. The molecule has 4 nitrogen and oxygen atoms in total. The van der Waals surface area contributed by atoms with E-state index in [1.54, 1.807) is 6.08 Å². The lowest BCUT2D eigenvalue weighted by molar-refractivity contribution is 0.104. The number of anilines is 2. The van der Waals surface area contributed by atoms with E-state index in [9.17, 15) is 9.90 Å². The Hall–Kier alpha value is -2.59. The first-order chi connectivity index (χ1) is 11.5. The molecule has 4 heteroatoms. The number of carbonyl (C=O) groups excluding carboxylic acids is 1. The fraction of sp³-hybridized carbons (Fsp3) is 0.250. The fourth-order valence-corrected chi connectivity index (χ4v) is 2.65. The first kappa shape index (κ1) is 16.3.